The van der Waals surface area contributed by atoms with E-state index in [-0.39, 0.29) is 0 Å². The van der Waals surface area contributed by atoms with Gasteiger partial charge in [0.25, 0.3) is 0 Å². The molecule has 1 N–H and O–H groups in total. The molecule has 23 heavy (non-hydrogen) atoms. The zero-order chi connectivity index (χ0) is 16.5. The van der Waals surface area contributed by atoms with Gasteiger partial charge in [-0.05, 0) is 48.9 Å². The van der Waals surface area contributed by atoms with E-state index in [0.717, 1.165) is 55.5 Å². The van der Waals surface area contributed by atoms with Crippen LogP contribution in [0.5, 0.6) is 5.75 Å². The lowest BCUT2D eigenvalue weighted by Crippen LogP contribution is -2.14. The molecule has 1 aliphatic rings. The first kappa shape index (κ1) is 17.2. The first-order valence-corrected chi connectivity index (χ1v) is 8.32. The Labute approximate surface area is 138 Å². The smallest absolute Gasteiger partial charge is 0.411 e. The summed E-state index contributed by atoms with van der Waals surface area (Å²) in [6.07, 6.45) is 5.34. The van der Waals surface area contributed by atoms with E-state index < -0.39 is 6.09 Å². The lowest BCUT2D eigenvalue weighted by atomic mass is 9.90. The largest absolute Gasteiger partial charge is 0.496 e. The highest BCUT2D eigenvalue weighted by atomic mass is 16.5. The summed E-state index contributed by atoms with van der Waals surface area (Å²) in [4.78, 5) is 11.8. The molecule has 2 rings (SSSR count). The zero-order valence-electron chi connectivity index (χ0n) is 14.0. The van der Waals surface area contributed by atoms with Gasteiger partial charge in [-0.15, -0.1) is 11.8 Å². The second-order valence-electron chi connectivity index (χ2n) is 5.70. The second-order valence-corrected chi connectivity index (χ2v) is 5.70. The van der Waals surface area contributed by atoms with Crippen LogP contribution in [0.4, 0.5) is 10.5 Å². The van der Waals surface area contributed by atoms with Crippen LogP contribution in [0.25, 0.3) is 0 Å². The monoisotopic (exact) mass is 315 g/mol. The first-order valence-electron chi connectivity index (χ1n) is 8.32. The molecule has 0 saturated carbocycles. The minimum atomic E-state index is -0.404. The number of carbonyl (C=O) groups is 1. The van der Waals surface area contributed by atoms with Crippen LogP contribution < -0.4 is 10.1 Å². The van der Waals surface area contributed by atoms with Crippen molar-refractivity contribution in [1.29, 1.82) is 0 Å². The van der Waals surface area contributed by atoms with Gasteiger partial charge in [-0.1, -0.05) is 13.3 Å². The summed E-state index contributed by atoms with van der Waals surface area (Å²) in [6.45, 7) is 2.51. The molecule has 1 amide bonds. The number of ether oxygens (including phenoxy) is 2. The Bertz CT molecular complexity index is 574. The van der Waals surface area contributed by atoms with Crippen LogP contribution in [0.3, 0.4) is 0 Å². The van der Waals surface area contributed by atoms with Crippen LogP contribution >= 0.6 is 0 Å². The quantitative estimate of drug-likeness (QED) is 0.611. The lowest BCUT2D eigenvalue weighted by molar-refractivity contribution is 0.160. The van der Waals surface area contributed by atoms with Gasteiger partial charge >= 0.3 is 6.09 Å². The minimum absolute atomic E-state index is 0.394. The van der Waals surface area contributed by atoms with Gasteiger partial charge in [-0.2, -0.15) is 0 Å². The molecule has 4 heteroatoms. The number of hydrogen-bond donors (Lipinski definition) is 1. The summed E-state index contributed by atoms with van der Waals surface area (Å²) < 4.78 is 10.6. The fraction of sp³-hybridized carbons (Fsp3) is 0.526. The van der Waals surface area contributed by atoms with Crippen LogP contribution in [-0.2, 0) is 4.74 Å². The van der Waals surface area contributed by atoms with Crippen molar-refractivity contribution in [3.63, 3.8) is 0 Å². The van der Waals surface area contributed by atoms with Gasteiger partial charge in [0, 0.05) is 18.5 Å². The predicted molar refractivity (Wildman–Crippen MR) is 91.9 cm³/mol. The summed E-state index contributed by atoms with van der Waals surface area (Å²) in [6, 6.07) is 5.75. The maximum Gasteiger partial charge on any atom is 0.411 e. The van der Waals surface area contributed by atoms with Crippen LogP contribution in [0.2, 0.25) is 0 Å². The van der Waals surface area contributed by atoms with Gasteiger partial charge in [-0.3, -0.25) is 5.32 Å². The average molecular weight is 315 g/mol. The van der Waals surface area contributed by atoms with Gasteiger partial charge in [0.15, 0.2) is 0 Å². The van der Waals surface area contributed by atoms with Crippen molar-refractivity contribution < 1.29 is 14.3 Å². The molecule has 1 aromatic carbocycles. The van der Waals surface area contributed by atoms with Crippen LogP contribution in [0, 0.1) is 11.8 Å². The Kier molecular flexibility index (Phi) is 6.80. The Morgan fingerprint density at radius 2 is 2.04 bits per heavy atom. The van der Waals surface area contributed by atoms with Crippen molar-refractivity contribution in [3.05, 3.63) is 23.8 Å². The highest BCUT2D eigenvalue weighted by Gasteiger charge is 2.18. The molecule has 0 spiro atoms. The van der Waals surface area contributed by atoms with E-state index in [2.05, 4.69) is 24.1 Å². The highest BCUT2D eigenvalue weighted by molar-refractivity contribution is 5.84. The van der Waals surface area contributed by atoms with Crippen LogP contribution in [0.15, 0.2) is 18.2 Å². The molecule has 0 radical (unpaired) electrons. The van der Waals surface area contributed by atoms with E-state index in [1.165, 1.54) is 0 Å². The number of carbonyl (C=O) groups excluding carboxylic acids is 1. The number of methoxy groups -OCH3 is 1. The number of rotatable bonds is 6. The Morgan fingerprint density at radius 3 is 2.70 bits per heavy atom. The number of amides is 1. The molecule has 0 heterocycles. The molecule has 1 aliphatic carbocycles. The fourth-order valence-electron chi connectivity index (χ4n) is 2.72. The zero-order valence-corrected chi connectivity index (χ0v) is 14.0. The Hall–Kier alpha value is -2.15. The number of unbranched alkanes of at least 4 members (excludes halogenated alkanes) is 1. The van der Waals surface area contributed by atoms with Crippen LogP contribution in [-0.4, -0.2) is 19.8 Å². The number of nitrogens with one attached hydrogen (secondary N) is 1. The molecule has 0 saturated heterocycles. The number of anilines is 1. The van der Waals surface area contributed by atoms with E-state index in [1.54, 1.807) is 7.11 Å². The van der Waals surface area contributed by atoms with E-state index >= 15 is 0 Å². The van der Waals surface area contributed by atoms with E-state index in [9.17, 15) is 4.79 Å². The van der Waals surface area contributed by atoms with Crippen molar-refractivity contribution in [3.8, 4) is 17.6 Å². The minimum Gasteiger partial charge on any atom is -0.496 e. The molecule has 0 fully saturated rings. The highest BCUT2D eigenvalue weighted by Crippen LogP contribution is 2.35. The molecule has 0 atom stereocenters. The molecular formula is C19H25NO3. The first-order chi connectivity index (χ1) is 11.2. The third-order valence-electron chi connectivity index (χ3n) is 4.01. The maximum absolute atomic E-state index is 11.8. The molecular weight excluding hydrogens is 290 g/mol. The summed E-state index contributed by atoms with van der Waals surface area (Å²) in [7, 11) is 1.68. The molecule has 0 bridgehead atoms. The summed E-state index contributed by atoms with van der Waals surface area (Å²) in [5.41, 5.74) is 1.87. The molecule has 0 unspecified atom stereocenters. The third kappa shape index (κ3) is 5.21. The van der Waals surface area contributed by atoms with E-state index in [4.69, 9.17) is 9.47 Å². The average Bonchev–Trinajstić information content (AvgIpc) is 2.84. The van der Waals surface area contributed by atoms with Crippen molar-refractivity contribution in [2.24, 2.45) is 0 Å². The van der Waals surface area contributed by atoms with Gasteiger partial charge in [-0.25, -0.2) is 4.79 Å². The summed E-state index contributed by atoms with van der Waals surface area (Å²) in [5, 5.41) is 2.80. The molecule has 1 aromatic rings. The topological polar surface area (TPSA) is 47.6 Å². The summed E-state index contributed by atoms with van der Waals surface area (Å²) in [5.74, 6) is 7.62. The van der Waals surface area contributed by atoms with Gasteiger partial charge < -0.3 is 9.47 Å². The van der Waals surface area contributed by atoms with Crippen molar-refractivity contribution >= 4 is 11.8 Å². The van der Waals surface area contributed by atoms with Gasteiger partial charge in [0.05, 0.1) is 13.7 Å². The number of benzene rings is 1. The molecule has 0 aliphatic heterocycles. The maximum atomic E-state index is 11.8. The molecule has 4 nitrogen and oxygen atoms in total. The third-order valence-corrected chi connectivity index (χ3v) is 4.01. The van der Waals surface area contributed by atoms with Crippen molar-refractivity contribution in [1.82, 2.24) is 0 Å². The van der Waals surface area contributed by atoms with Gasteiger partial charge in [0.2, 0.25) is 0 Å². The SMILES string of the molecule is CCCCOC(=O)Nc1ccc(OC)c(C2CCC#CCC2)c1. The second kappa shape index (κ2) is 9.09. The van der Waals surface area contributed by atoms with E-state index in [1.807, 2.05) is 18.2 Å². The van der Waals surface area contributed by atoms with Gasteiger partial charge in [0.1, 0.15) is 5.75 Å². The number of hydrogen-bond acceptors (Lipinski definition) is 3. The van der Waals surface area contributed by atoms with Crippen molar-refractivity contribution in [2.45, 2.75) is 51.4 Å². The van der Waals surface area contributed by atoms with Crippen LogP contribution in [0.1, 0.15) is 56.9 Å². The van der Waals surface area contributed by atoms with Crippen molar-refractivity contribution in [2.75, 3.05) is 19.0 Å². The molecule has 124 valence electrons. The molecule has 0 aromatic heterocycles. The fourth-order valence-corrected chi connectivity index (χ4v) is 2.72. The summed E-state index contributed by atoms with van der Waals surface area (Å²) >= 11 is 0. The lowest BCUT2D eigenvalue weighted by Gasteiger charge is -2.19. The Balaban J connectivity index is 2.07. The predicted octanol–water partition coefficient (Wildman–Crippen LogP) is 4.70. The Morgan fingerprint density at radius 1 is 1.30 bits per heavy atom. The normalized spacial score (nSPS) is 14.3. The standard InChI is InChI=1S/C19H25NO3/c1-3-4-13-23-19(21)20-16-11-12-18(22-2)17(14-16)15-9-7-5-6-8-10-15/h11-12,14-15H,3-4,7-10,13H2,1-2H3,(H,20,21). The van der Waals surface area contributed by atoms with E-state index in [0.29, 0.717) is 12.5 Å².